The third-order valence-corrected chi connectivity index (χ3v) is 4.82. The van der Waals surface area contributed by atoms with Gasteiger partial charge in [-0.1, -0.05) is 37.1 Å². The van der Waals surface area contributed by atoms with Gasteiger partial charge in [0, 0.05) is 19.6 Å². The summed E-state index contributed by atoms with van der Waals surface area (Å²) in [6, 6.07) is 8.64. The van der Waals surface area contributed by atoms with Crippen LogP contribution >= 0.6 is 24.0 Å². The summed E-state index contributed by atoms with van der Waals surface area (Å²) < 4.78 is 0. The van der Waals surface area contributed by atoms with E-state index in [4.69, 9.17) is 4.99 Å². The molecule has 1 heterocycles. The second-order valence-electron chi connectivity index (χ2n) is 6.54. The van der Waals surface area contributed by atoms with E-state index in [0.717, 1.165) is 57.7 Å². The fourth-order valence-corrected chi connectivity index (χ4v) is 3.52. The second-order valence-corrected chi connectivity index (χ2v) is 6.54. The van der Waals surface area contributed by atoms with Gasteiger partial charge in [0.2, 0.25) is 0 Å². The van der Waals surface area contributed by atoms with E-state index in [1.54, 1.807) is 0 Å². The third-order valence-electron chi connectivity index (χ3n) is 4.82. The lowest BCUT2D eigenvalue weighted by Crippen LogP contribution is -2.45. The number of halogens is 1. The lowest BCUT2D eigenvalue weighted by Gasteiger charge is -2.32. The summed E-state index contributed by atoms with van der Waals surface area (Å²) in [5.41, 5.74) is 2.26. The Morgan fingerprint density at radius 1 is 1.26 bits per heavy atom. The first kappa shape index (κ1) is 18.5. The average molecular weight is 429 g/mol. The highest BCUT2D eigenvalue weighted by molar-refractivity contribution is 14.0. The van der Waals surface area contributed by atoms with Crippen LogP contribution < -0.4 is 5.32 Å². The van der Waals surface area contributed by atoms with Crippen LogP contribution in [0.5, 0.6) is 0 Å². The molecular formula is C18H28IN3O. The van der Waals surface area contributed by atoms with E-state index in [1.165, 1.54) is 11.1 Å². The number of aliphatic imine (C=N–C) groups is 1. The zero-order chi connectivity index (χ0) is 15.4. The van der Waals surface area contributed by atoms with E-state index >= 15 is 0 Å². The van der Waals surface area contributed by atoms with Crippen molar-refractivity contribution in [3.05, 3.63) is 35.4 Å². The molecule has 0 atom stereocenters. The number of aliphatic hydroxyl groups is 1. The minimum atomic E-state index is -0.575. The first-order valence-corrected chi connectivity index (χ1v) is 8.53. The first-order valence-electron chi connectivity index (χ1n) is 8.53. The quantitative estimate of drug-likeness (QED) is 0.442. The summed E-state index contributed by atoms with van der Waals surface area (Å²) in [6.07, 6.45) is 5.08. The number of guanidine groups is 1. The van der Waals surface area contributed by atoms with Crippen molar-refractivity contribution in [1.29, 1.82) is 0 Å². The van der Waals surface area contributed by atoms with E-state index in [0.29, 0.717) is 6.54 Å². The molecule has 0 unspecified atom stereocenters. The molecule has 0 bridgehead atoms. The Bertz CT molecular complexity index is 541. The van der Waals surface area contributed by atoms with Gasteiger partial charge in [-0.15, -0.1) is 24.0 Å². The number of rotatable bonds is 3. The maximum Gasteiger partial charge on any atom is 0.194 e. The van der Waals surface area contributed by atoms with E-state index in [9.17, 15) is 5.11 Å². The first-order chi connectivity index (χ1) is 10.7. The van der Waals surface area contributed by atoms with Crippen molar-refractivity contribution < 1.29 is 5.11 Å². The number of hydrogen-bond acceptors (Lipinski definition) is 2. The summed E-state index contributed by atoms with van der Waals surface area (Å²) in [4.78, 5) is 7.05. The molecule has 2 N–H and O–H groups in total. The maximum atomic E-state index is 10.5. The highest BCUT2D eigenvalue weighted by Crippen LogP contribution is 2.29. The molecule has 0 saturated heterocycles. The molecule has 1 fully saturated rings. The molecular weight excluding hydrogens is 401 g/mol. The number of nitrogens with one attached hydrogen (secondary N) is 1. The molecule has 1 aromatic carbocycles. The molecule has 1 aliphatic heterocycles. The van der Waals surface area contributed by atoms with Crippen molar-refractivity contribution in [3.63, 3.8) is 0 Å². The molecule has 0 radical (unpaired) electrons. The van der Waals surface area contributed by atoms with Crippen molar-refractivity contribution in [1.82, 2.24) is 10.2 Å². The molecule has 1 aliphatic carbocycles. The molecule has 0 spiro atoms. The number of hydrogen-bond donors (Lipinski definition) is 2. The SMILES string of the molecule is CCNC(=NCC1(O)CCCC1)N1CCc2ccccc2C1.I. The minimum absolute atomic E-state index is 0. The lowest BCUT2D eigenvalue weighted by atomic mass is 10.0. The van der Waals surface area contributed by atoms with E-state index in [1.807, 2.05) is 0 Å². The molecule has 0 aromatic heterocycles. The van der Waals surface area contributed by atoms with Gasteiger partial charge in [-0.05, 0) is 37.3 Å². The number of fused-ring (bicyclic) bond motifs is 1. The van der Waals surface area contributed by atoms with Crippen LogP contribution in [-0.4, -0.2) is 41.2 Å². The van der Waals surface area contributed by atoms with Crippen molar-refractivity contribution in [2.24, 2.45) is 4.99 Å². The predicted octanol–water partition coefficient (Wildman–Crippen LogP) is 2.93. The Morgan fingerprint density at radius 3 is 2.65 bits per heavy atom. The van der Waals surface area contributed by atoms with Gasteiger partial charge in [0.15, 0.2) is 5.96 Å². The molecule has 2 aliphatic rings. The fourth-order valence-electron chi connectivity index (χ4n) is 3.52. The van der Waals surface area contributed by atoms with Gasteiger partial charge in [-0.3, -0.25) is 4.99 Å². The van der Waals surface area contributed by atoms with Crippen LogP contribution in [0.4, 0.5) is 0 Å². The van der Waals surface area contributed by atoms with Gasteiger partial charge in [0.25, 0.3) is 0 Å². The highest BCUT2D eigenvalue weighted by Gasteiger charge is 2.31. The average Bonchev–Trinajstić information content (AvgIpc) is 2.98. The van der Waals surface area contributed by atoms with Crippen LogP contribution in [-0.2, 0) is 13.0 Å². The Labute approximate surface area is 156 Å². The zero-order valence-electron chi connectivity index (χ0n) is 13.9. The largest absolute Gasteiger partial charge is 0.388 e. The summed E-state index contributed by atoms with van der Waals surface area (Å²) in [6.45, 7) is 5.36. The van der Waals surface area contributed by atoms with Gasteiger partial charge in [0.1, 0.15) is 0 Å². The number of benzene rings is 1. The van der Waals surface area contributed by atoms with E-state index < -0.39 is 5.60 Å². The van der Waals surface area contributed by atoms with Crippen LogP contribution in [0, 0.1) is 0 Å². The summed E-state index contributed by atoms with van der Waals surface area (Å²) >= 11 is 0. The third kappa shape index (κ3) is 4.59. The van der Waals surface area contributed by atoms with Crippen molar-refractivity contribution >= 4 is 29.9 Å². The predicted molar refractivity (Wildman–Crippen MR) is 105 cm³/mol. The van der Waals surface area contributed by atoms with Gasteiger partial charge < -0.3 is 15.3 Å². The number of nitrogens with zero attached hydrogens (tertiary/aromatic N) is 2. The molecule has 1 saturated carbocycles. The summed E-state index contributed by atoms with van der Waals surface area (Å²) in [5.74, 6) is 0.942. The Balaban J connectivity index is 0.00000192. The topological polar surface area (TPSA) is 47.9 Å². The standard InChI is InChI=1S/C18H27N3O.HI/c1-2-19-17(20-14-18(22)10-5-6-11-18)21-12-9-15-7-3-4-8-16(15)13-21;/h3-4,7-8,22H,2,5-6,9-14H2,1H3,(H,19,20);1H. The van der Waals surface area contributed by atoms with Crippen molar-refractivity contribution in [3.8, 4) is 0 Å². The maximum absolute atomic E-state index is 10.5. The smallest absolute Gasteiger partial charge is 0.194 e. The van der Waals surface area contributed by atoms with Crippen LogP contribution in [0.3, 0.4) is 0 Å². The van der Waals surface area contributed by atoms with Crippen molar-refractivity contribution in [2.45, 2.75) is 51.2 Å². The van der Waals surface area contributed by atoms with Gasteiger partial charge >= 0.3 is 0 Å². The molecule has 23 heavy (non-hydrogen) atoms. The zero-order valence-corrected chi connectivity index (χ0v) is 16.3. The minimum Gasteiger partial charge on any atom is -0.388 e. The Kier molecular flexibility index (Phi) is 6.71. The fraction of sp³-hybridized carbons (Fsp3) is 0.611. The van der Waals surface area contributed by atoms with E-state index in [-0.39, 0.29) is 24.0 Å². The van der Waals surface area contributed by atoms with Gasteiger partial charge in [0.05, 0.1) is 12.1 Å². The summed E-state index contributed by atoms with van der Waals surface area (Å²) in [7, 11) is 0. The molecule has 4 nitrogen and oxygen atoms in total. The highest BCUT2D eigenvalue weighted by atomic mass is 127. The molecule has 0 amide bonds. The monoisotopic (exact) mass is 429 g/mol. The van der Waals surface area contributed by atoms with E-state index in [2.05, 4.69) is 41.4 Å². The van der Waals surface area contributed by atoms with Crippen LogP contribution in [0.25, 0.3) is 0 Å². The van der Waals surface area contributed by atoms with Crippen LogP contribution in [0.1, 0.15) is 43.7 Å². The molecule has 128 valence electrons. The normalized spacial score (nSPS) is 19.9. The van der Waals surface area contributed by atoms with Crippen molar-refractivity contribution in [2.75, 3.05) is 19.6 Å². The van der Waals surface area contributed by atoms with Crippen LogP contribution in [0.15, 0.2) is 29.3 Å². The van der Waals surface area contributed by atoms with Crippen LogP contribution in [0.2, 0.25) is 0 Å². The molecule has 1 aromatic rings. The summed E-state index contributed by atoms with van der Waals surface area (Å²) in [5, 5.41) is 13.9. The molecule has 3 rings (SSSR count). The Hall–Kier alpha value is -0.820. The molecule has 5 heteroatoms. The second kappa shape index (κ2) is 8.33. The van der Waals surface area contributed by atoms with Gasteiger partial charge in [-0.25, -0.2) is 0 Å². The van der Waals surface area contributed by atoms with Gasteiger partial charge in [-0.2, -0.15) is 0 Å². The Morgan fingerprint density at radius 2 is 1.96 bits per heavy atom. The lowest BCUT2D eigenvalue weighted by molar-refractivity contribution is 0.0571.